The standard InChI is InChI=1S/4FH.O.V/h4*1H;;. The van der Waals surface area contributed by atoms with Gasteiger partial charge in [-0.3, -0.25) is 18.8 Å². The molecule has 0 rings (SSSR count). The normalized spacial score (nSPS) is 0.500. The third-order valence-corrected chi connectivity index (χ3v) is 0. The van der Waals surface area contributed by atoms with Crippen LogP contribution in [0.4, 0.5) is 18.8 Å². The zero-order valence-corrected chi connectivity index (χ0v) is 3.89. The van der Waals surface area contributed by atoms with E-state index in [2.05, 4.69) is 0 Å². The van der Waals surface area contributed by atoms with Crippen molar-refractivity contribution >= 4 is 0 Å². The summed E-state index contributed by atoms with van der Waals surface area (Å²) in [6, 6.07) is 0. The molecule has 6 heavy (non-hydrogen) atoms. The van der Waals surface area contributed by atoms with Gasteiger partial charge in [-0.25, -0.2) is 0 Å². The Morgan fingerprint density at radius 2 is 0.667 bits per heavy atom. The molecule has 0 aliphatic heterocycles. The Morgan fingerprint density at radius 3 is 0.667 bits per heavy atom. The van der Waals surface area contributed by atoms with Gasteiger partial charge in [0.25, 0.3) is 0 Å². The second-order valence-corrected chi connectivity index (χ2v) is 0. The number of hydrogen-bond acceptors (Lipinski definition) is 1. The number of hydrogen-bond donors (Lipinski definition) is 0. The molecular formula is H4F4OV. The Morgan fingerprint density at radius 1 is 0.667 bits per heavy atom. The third kappa shape index (κ3) is 3630. The van der Waals surface area contributed by atoms with Crippen molar-refractivity contribution < 1.29 is 39.9 Å². The van der Waals surface area contributed by atoms with E-state index in [1.165, 1.54) is 0 Å². The number of rotatable bonds is 0. The SMILES string of the molecule is F.F.F.F.[O]=[V]. The summed E-state index contributed by atoms with van der Waals surface area (Å²) in [7, 11) is 0. The average Bonchev–Trinajstić information content (AvgIpc) is 1.00. The van der Waals surface area contributed by atoms with Crippen LogP contribution in [0.3, 0.4) is 0 Å². The molecule has 0 heterocycles. The monoisotopic (exact) mass is 147 g/mol. The summed E-state index contributed by atoms with van der Waals surface area (Å²) in [5.41, 5.74) is 0. The molecule has 0 aromatic heterocycles. The first kappa shape index (κ1) is 130. The predicted molar refractivity (Wildman–Crippen MR) is 10.7 cm³/mol. The fourth-order valence-corrected chi connectivity index (χ4v) is 0. The Kier molecular flexibility index (Phi) is 171000. The summed E-state index contributed by atoms with van der Waals surface area (Å²) in [5, 5.41) is 0. The van der Waals surface area contributed by atoms with E-state index in [4.69, 9.17) is 3.67 Å². The molecule has 0 aromatic rings. The molecule has 0 atom stereocenters. The summed E-state index contributed by atoms with van der Waals surface area (Å²) >= 11 is 1.06. The second-order valence-electron chi connectivity index (χ2n) is 0. The van der Waals surface area contributed by atoms with E-state index < -0.39 is 0 Å². The third-order valence-electron chi connectivity index (χ3n) is 0. The fourth-order valence-electron chi connectivity index (χ4n) is 0. The fraction of sp³-hybridized carbons (Fsp3) is 0. The van der Waals surface area contributed by atoms with Crippen molar-refractivity contribution in [3.8, 4) is 0 Å². The molecule has 43 valence electrons. The van der Waals surface area contributed by atoms with Gasteiger partial charge < -0.3 is 0 Å². The first-order chi connectivity index (χ1) is 1.00. The first-order valence-electron chi connectivity index (χ1n) is 0.183. The molecule has 0 saturated carbocycles. The van der Waals surface area contributed by atoms with Crippen LogP contribution in [0.5, 0.6) is 0 Å². The molecule has 0 saturated heterocycles. The van der Waals surface area contributed by atoms with Gasteiger partial charge in [-0.15, -0.1) is 0 Å². The summed E-state index contributed by atoms with van der Waals surface area (Å²) < 4.78 is 8.19. The molecule has 6 heteroatoms. The Labute approximate surface area is 40.8 Å². The Bertz CT molecular complexity index is 7.51. The van der Waals surface area contributed by atoms with E-state index in [0.29, 0.717) is 0 Å². The molecule has 0 aliphatic rings. The zero-order valence-electron chi connectivity index (χ0n) is 2.49. The van der Waals surface area contributed by atoms with Gasteiger partial charge in [0.2, 0.25) is 0 Å². The van der Waals surface area contributed by atoms with Gasteiger partial charge in [-0.2, -0.15) is 0 Å². The summed E-state index contributed by atoms with van der Waals surface area (Å²) in [6.07, 6.45) is 0. The van der Waals surface area contributed by atoms with E-state index in [9.17, 15) is 0 Å². The van der Waals surface area contributed by atoms with Crippen LogP contribution < -0.4 is 0 Å². The maximum atomic E-state index is 8.19. The van der Waals surface area contributed by atoms with Crippen molar-refractivity contribution in [3.63, 3.8) is 0 Å². The molecule has 0 unspecified atom stereocenters. The van der Waals surface area contributed by atoms with E-state index in [-0.39, 0.29) is 18.8 Å². The van der Waals surface area contributed by atoms with E-state index in [1.54, 1.807) is 0 Å². The van der Waals surface area contributed by atoms with Gasteiger partial charge in [0.1, 0.15) is 0 Å². The molecule has 0 radical (unpaired) electrons. The van der Waals surface area contributed by atoms with Crippen molar-refractivity contribution in [2.75, 3.05) is 0 Å². The van der Waals surface area contributed by atoms with Crippen LogP contribution >= 0.6 is 0 Å². The van der Waals surface area contributed by atoms with Gasteiger partial charge in [0.05, 0.1) is 0 Å². The zero-order chi connectivity index (χ0) is 2.00. The van der Waals surface area contributed by atoms with Crippen molar-refractivity contribution in [1.29, 1.82) is 0 Å². The molecular weight excluding hydrogens is 143 g/mol. The van der Waals surface area contributed by atoms with Crippen LogP contribution in [0.15, 0.2) is 0 Å². The summed E-state index contributed by atoms with van der Waals surface area (Å²) in [4.78, 5) is 0. The minimum absolute atomic E-state index is 0. The van der Waals surface area contributed by atoms with Gasteiger partial charge in [-0.1, -0.05) is 0 Å². The van der Waals surface area contributed by atoms with Crippen LogP contribution in [-0.4, -0.2) is 0 Å². The van der Waals surface area contributed by atoms with Crippen LogP contribution in [0.1, 0.15) is 0 Å². The molecule has 0 fully saturated rings. The predicted octanol–water partition coefficient (Wildman–Crippen LogP) is 0.489. The second kappa shape index (κ2) is 7890. The van der Waals surface area contributed by atoms with E-state index in [1.807, 2.05) is 0 Å². The first-order valence-corrected chi connectivity index (χ1v) is 0.753. The quantitative estimate of drug-likeness (QED) is 0.455. The summed E-state index contributed by atoms with van der Waals surface area (Å²) in [5.74, 6) is 0. The minimum atomic E-state index is 0. The van der Waals surface area contributed by atoms with Gasteiger partial charge in [0, 0.05) is 0 Å². The van der Waals surface area contributed by atoms with Crippen molar-refractivity contribution in [3.05, 3.63) is 0 Å². The maximum absolute atomic E-state index is 8.19. The molecule has 0 aromatic carbocycles. The number of halogens is 4. The average molecular weight is 147 g/mol. The van der Waals surface area contributed by atoms with Gasteiger partial charge in [-0.05, 0) is 0 Å². The van der Waals surface area contributed by atoms with Gasteiger partial charge >= 0.3 is 21.0 Å². The molecule has 0 bridgehead atoms. The van der Waals surface area contributed by atoms with Crippen molar-refractivity contribution in [1.82, 2.24) is 0 Å². The van der Waals surface area contributed by atoms with Crippen LogP contribution in [-0.2, 0) is 21.0 Å². The molecule has 0 aliphatic carbocycles. The van der Waals surface area contributed by atoms with E-state index >= 15 is 0 Å². The molecule has 0 spiro atoms. The molecule has 0 amide bonds. The van der Waals surface area contributed by atoms with Crippen LogP contribution in [0, 0.1) is 0 Å². The Hall–Kier alpha value is 0.104. The topological polar surface area (TPSA) is 17.1 Å². The van der Waals surface area contributed by atoms with Crippen LogP contribution in [0.25, 0.3) is 0 Å². The van der Waals surface area contributed by atoms with Crippen molar-refractivity contribution in [2.24, 2.45) is 0 Å². The Balaban J connectivity index is -0.000000000833. The van der Waals surface area contributed by atoms with E-state index in [0.717, 1.165) is 17.4 Å². The summed E-state index contributed by atoms with van der Waals surface area (Å²) in [6.45, 7) is 0. The van der Waals surface area contributed by atoms with Crippen LogP contribution in [0.2, 0.25) is 0 Å². The molecule has 0 N–H and O–H groups in total. The van der Waals surface area contributed by atoms with Gasteiger partial charge in [0.15, 0.2) is 0 Å². The molecule has 1 nitrogen and oxygen atoms in total. The van der Waals surface area contributed by atoms with Crippen molar-refractivity contribution in [2.45, 2.75) is 0 Å².